The van der Waals surface area contributed by atoms with Crippen molar-refractivity contribution in [2.45, 2.75) is 88.5 Å². The van der Waals surface area contributed by atoms with Gasteiger partial charge >= 0.3 is 6.18 Å². The maximum absolute atomic E-state index is 13.8. The highest BCUT2D eigenvalue weighted by Gasteiger charge is 2.51. The number of fused-ring (bicyclic) bond motifs is 2. The fourth-order valence-electron chi connectivity index (χ4n) is 8.08. The molecular formula is C23H32ClF3N4. The van der Waals surface area contributed by atoms with Crippen LogP contribution in [0.25, 0.3) is 0 Å². The van der Waals surface area contributed by atoms with Crippen molar-refractivity contribution < 1.29 is 13.2 Å². The zero-order valence-corrected chi connectivity index (χ0v) is 18.6. The minimum Gasteiger partial charge on any atom is -0.349 e. The molecule has 0 aliphatic heterocycles. The van der Waals surface area contributed by atoms with E-state index in [0.29, 0.717) is 12.0 Å². The number of anilines is 1. The van der Waals surface area contributed by atoms with Crippen LogP contribution in [0.1, 0.15) is 75.5 Å². The Kier molecular flexibility index (Phi) is 5.44. The molecule has 7 rings (SSSR count). The molecule has 0 aromatic carbocycles. The van der Waals surface area contributed by atoms with Gasteiger partial charge in [0.25, 0.3) is 0 Å². The minimum absolute atomic E-state index is 0. The summed E-state index contributed by atoms with van der Waals surface area (Å²) in [5.74, 6) is 3.70. The van der Waals surface area contributed by atoms with E-state index in [0.717, 1.165) is 49.4 Å². The van der Waals surface area contributed by atoms with Crippen molar-refractivity contribution in [2.24, 2.45) is 29.6 Å². The molecule has 0 radical (unpaired) electrons. The van der Waals surface area contributed by atoms with Gasteiger partial charge in [-0.3, -0.25) is 0 Å². The molecule has 0 amide bonds. The second-order valence-corrected chi connectivity index (χ2v) is 11.1. The van der Waals surface area contributed by atoms with Gasteiger partial charge in [-0.15, -0.1) is 12.4 Å². The van der Waals surface area contributed by atoms with Gasteiger partial charge < -0.3 is 10.6 Å². The summed E-state index contributed by atoms with van der Waals surface area (Å²) in [4.78, 5) is 8.39. The van der Waals surface area contributed by atoms with Gasteiger partial charge in [0.1, 0.15) is 0 Å². The Balaban J connectivity index is 0.00000204. The number of nitrogens with zero attached hydrogens (tertiary/aromatic N) is 2. The zero-order chi connectivity index (χ0) is 20.5. The number of alkyl halides is 3. The highest BCUT2D eigenvalue weighted by molar-refractivity contribution is 5.85. The molecule has 2 N–H and O–H groups in total. The summed E-state index contributed by atoms with van der Waals surface area (Å²) in [5.41, 5.74) is -0.706. The van der Waals surface area contributed by atoms with Gasteiger partial charge in [0.05, 0.1) is 0 Å². The van der Waals surface area contributed by atoms with Crippen LogP contribution in [0.4, 0.5) is 19.1 Å². The van der Waals surface area contributed by atoms with Crippen LogP contribution in [0.15, 0.2) is 6.20 Å². The topological polar surface area (TPSA) is 49.8 Å². The van der Waals surface area contributed by atoms with E-state index in [-0.39, 0.29) is 36.0 Å². The van der Waals surface area contributed by atoms with Crippen molar-refractivity contribution in [3.63, 3.8) is 0 Å². The monoisotopic (exact) mass is 456 g/mol. The summed E-state index contributed by atoms with van der Waals surface area (Å²) in [6, 6.07) is 0.342. The minimum atomic E-state index is -4.47. The van der Waals surface area contributed by atoms with Gasteiger partial charge in [0, 0.05) is 29.9 Å². The van der Waals surface area contributed by atoms with E-state index in [2.05, 4.69) is 20.6 Å². The molecule has 3 atom stereocenters. The summed E-state index contributed by atoms with van der Waals surface area (Å²) < 4.78 is 41.5. The average Bonchev–Trinajstić information content (AvgIpc) is 3.28. The molecule has 6 aliphatic carbocycles. The maximum atomic E-state index is 13.8. The van der Waals surface area contributed by atoms with Crippen LogP contribution in [0.3, 0.4) is 0 Å². The standard InChI is InChI=1S/C23H31F3N4.ClH/c24-23(25,26)20-18(11-27-19-7-13-1-2-17(19)6-13)12-28-21(29-20)30-22-8-14-3-15(9-22)5-16(4-14)10-22;/h12-17,19,27H,1-11H2,(H,28,29,30);1H/t13-,14?,15?,16?,17+,19+,22?;/m0./s1. The lowest BCUT2D eigenvalue weighted by atomic mass is 9.53. The number of halogens is 4. The Morgan fingerprint density at radius 3 is 2.16 bits per heavy atom. The van der Waals surface area contributed by atoms with Crippen LogP contribution >= 0.6 is 12.4 Å². The zero-order valence-electron chi connectivity index (χ0n) is 17.8. The first-order valence-corrected chi connectivity index (χ1v) is 11.8. The molecule has 6 fully saturated rings. The van der Waals surface area contributed by atoms with Crippen LogP contribution in [-0.2, 0) is 12.7 Å². The molecule has 8 heteroatoms. The number of rotatable bonds is 5. The highest BCUT2D eigenvalue weighted by atomic mass is 35.5. The second kappa shape index (κ2) is 7.75. The van der Waals surface area contributed by atoms with Gasteiger partial charge in [-0.05, 0) is 87.4 Å². The van der Waals surface area contributed by atoms with Crippen LogP contribution in [-0.4, -0.2) is 21.5 Å². The molecule has 31 heavy (non-hydrogen) atoms. The lowest BCUT2D eigenvalue weighted by Gasteiger charge is -2.56. The van der Waals surface area contributed by atoms with Crippen molar-refractivity contribution in [1.82, 2.24) is 15.3 Å². The van der Waals surface area contributed by atoms with Crippen molar-refractivity contribution in [2.75, 3.05) is 5.32 Å². The van der Waals surface area contributed by atoms with E-state index in [1.807, 2.05) is 0 Å². The van der Waals surface area contributed by atoms with Crippen molar-refractivity contribution in [3.05, 3.63) is 17.5 Å². The van der Waals surface area contributed by atoms with Gasteiger partial charge in [0.2, 0.25) is 5.95 Å². The first-order chi connectivity index (χ1) is 14.4. The Morgan fingerprint density at radius 2 is 1.61 bits per heavy atom. The van der Waals surface area contributed by atoms with Crippen LogP contribution < -0.4 is 10.6 Å². The molecule has 6 aliphatic rings. The fourth-order valence-corrected chi connectivity index (χ4v) is 8.08. The third-order valence-electron chi connectivity index (χ3n) is 8.84. The summed E-state index contributed by atoms with van der Waals surface area (Å²) in [6.45, 7) is 0.195. The van der Waals surface area contributed by atoms with E-state index < -0.39 is 11.9 Å². The third kappa shape index (κ3) is 4.05. The second-order valence-electron chi connectivity index (χ2n) is 11.1. The third-order valence-corrected chi connectivity index (χ3v) is 8.84. The largest absolute Gasteiger partial charge is 0.433 e. The Hall–Kier alpha value is -1.08. The smallest absolute Gasteiger partial charge is 0.349 e. The van der Waals surface area contributed by atoms with Crippen molar-refractivity contribution in [3.8, 4) is 0 Å². The van der Waals surface area contributed by atoms with E-state index in [1.165, 1.54) is 44.7 Å². The van der Waals surface area contributed by atoms with E-state index >= 15 is 0 Å². The normalized spacial score (nSPS) is 40.2. The SMILES string of the molecule is Cl.FC(F)(F)c1nc(NC23CC4CC(CC(C4)C2)C3)ncc1CN[C@@H]1C[C@H]2CC[C@@H]1C2. The first kappa shape index (κ1) is 21.7. The summed E-state index contributed by atoms with van der Waals surface area (Å²) >= 11 is 0. The number of nitrogens with one attached hydrogen (secondary N) is 2. The van der Waals surface area contributed by atoms with E-state index in [1.54, 1.807) is 0 Å². The van der Waals surface area contributed by atoms with Gasteiger partial charge in [-0.2, -0.15) is 13.2 Å². The molecule has 1 heterocycles. The lowest BCUT2D eigenvalue weighted by molar-refractivity contribution is -0.141. The molecule has 1 aromatic rings. The Bertz CT molecular complexity index is 794. The first-order valence-electron chi connectivity index (χ1n) is 11.8. The number of aromatic nitrogens is 2. The van der Waals surface area contributed by atoms with Crippen LogP contribution in [0.5, 0.6) is 0 Å². The summed E-state index contributed by atoms with van der Waals surface area (Å²) in [7, 11) is 0. The van der Waals surface area contributed by atoms with Gasteiger partial charge in [0.15, 0.2) is 5.69 Å². The predicted octanol–water partition coefficient (Wildman–Crippen LogP) is 5.58. The Morgan fingerprint density at radius 1 is 0.935 bits per heavy atom. The Labute approximate surface area is 188 Å². The molecule has 0 unspecified atom stereocenters. The summed E-state index contributed by atoms with van der Waals surface area (Å²) in [5, 5.41) is 6.79. The van der Waals surface area contributed by atoms with Crippen molar-refractivity contribution in [1.29, 1.82) is 0 Å². The summed E-state index contributed by atoms with van der Waals surface area (Å²) in [6.07, 6.45) is 8.79. The maximum Gasteiger partial charge on any atom is 0.433 e. The molecule has 172 valence electrons. The van der Waals surface area contributed by atoms with E-state index in [9.17, 15) is 13.2 Å². The number of hydrogen-bond donors (Lipinski definition) is 2. The van der Waals surface area contributed by atoms with Crippen LogP contribution in [0, 0.1) is 29.6 Å². The molecule has 0 spiro atoms. The molecule has 0 saturated heterocycles. The molecule has 1 aromatic heterocycles. The van der Waals surface area contributed by atoms with Crippen molar-refractivity contribution >= 4 is 18.4 Å². The fraction of sp³-hybridized carbons (Fsp3) is 0.826. The highest BCUT2D eigenvalue weighted by Crippen LogP contribution is 2.56. The molecule has 6 saturated carbocycles. The molecular weight excluding hydrogens is 425 g/mol. The molecule has 4 nitrogen and oxygen atoms in total. The predicted molar refractivity (Wildman–Crippen MR) is 115 cm³/mol. The average molecular weight is 457 g/mol. The van der Waals surface area contributed by atoms with Crippen LogP contribution in [0.2, 0.25) is 0 Å². The number of hydrogen-bond acceptors (Lipinski definition) is 4. The van der Waals surface area contributed by atoms with E-state index in [4.69, 9.17) is 0 Å². The molecule has 6 bridgehead atoms. The quantitative estimate of drug-likeness (QED) is 0.607. The van der Waals surface area contributed by atoms with Gasteiger partial charge in [-0.1, -0.05) is 6.42 Å². The lowest BCUT2D eigenvalue weighted by Crippen LogP contribution is -2.55. The van der Waals surface area contributed by atoms with Gasteiger partial charge in [-0.25, -0.2) is 9.97 Å².